The minimum atomic E-state index is -0.971. The molecule has 1 aromatic carbocycles. The van der Waals surface area contributed by atoms with Gasteiger partial charge in [0.1, 0.15) is 0 Å². The first-order chi connectivity index (χ1) is 11.2. The average molecular weight is 334 g/mol. The van der Waals surface area contributed by atoms with Crippen molar-refractivity contribution in [2.45, 2.75) is 46.1 Å². The fourth-order valence-corrected chi connectivity index (χ4v) is 2.09. The lowest BCUT2D eigenvalue weighted by molar-refractivity contribution is -0.138. The second kappa shape index (κ2) is 9.05. The molecule has 0 fully saturated rings. The van der Waals surface area contributed by atoms with Crippen LogP contribution in [0, 0.1) is 5.41 Å². The zero-order valence-electron chi connectivity index (χ0n) is 14.5. The van der Waals surface area contributed by atoms with Crippen LogP contribution in [0.2, 0.25) is 0 Å². The molecule has 0 bridgehead atoms. The van der Waals surface area contributed by atoms with Crippen LogP contribution < -0.4 is 10.6 Å². The normalized spacial score (nSPS) is 12.3. The molecule has 0 aliphatic rings. The molecule has 0 aliphatic carbocycles. The summed E-state index contributed by atoms with van der Waals surface area (Å²) in [5, 5.41) is 14.5. The molecule has 0 saturated carbocycles. The highest BCUT2D eigenvalue weighted by atomic mass is 16.4. The van der Waals surface area contributed by atoms with Crippen LogP contribution in [0.1, 0.15) is 51.6 Å². The largest absolute Gasteiger partial charge is 0.481 e. The molecule has 0 spiro atoms. The molecule has 0 saturated heterocycles. The lowest BCUT2D eigenvalue weighted by atomic mass is 9.96. The van der Waals surface area contributed by atoms with Gasteiger partial charge in [-0.1, -0.05) is 51.1 Å². The summed E-state index contributed by atoms with van der Waals surface area (Å²) < 4.78 is 0. The molecule has 6 nitrogen and oxygen atoms in total. The highest BCUT2D eigenvalue weighted by molar-refractivity contribution is 5.81. The Hall–Kier alpha value is -2.37. The number of amides is 2. The molecule has 3 N–H and O–H groups in total. The van der Waals surface area contributed by atoms with Gasteiger partial charge in [-0.2, -0.15) is 0 Å². The van der Waals surface area contributed by atoms with Gasteiger partial charge in [0.05, 0.1) is 12.5 Å². The number of aliphatic carboxylic acids is 1. The molecule has 0 aliphatic heterocycles. The SMILES string of the molecule is CC(C)(C)C(=O)NCCCC(=O)NC(CC(=O)O)c1ccccc1. The van der Waals surface area contributed by atoms with Gasteiger partial charge in [-0.15, -0.1) is 0 Å². The fourth-order valence-electron chi connectivity index (χ4n) is 2.09. The average Bonchev–Trinajstić information content (AvgIpc) is 2.50. The summed E-state index contributed by atoms with van der Waals surface area (Å²) in [5.41, 5.74) is 0.302. The first-order valence-electron chi connectivity index (χ1n) is 8.04. The highest BCUT2D eigenvalue weighted by Gasteiger charge is 2.21. The van der Waals surface area contributed by atoms with E-state index in [2.05, 4.69) is 10.6 Å². The van der Waals surface area contributed by atoms with Crippen LogP contribution in [-0.4, -0.2) is 29.4 Å². The van der Waals surface area contributed by atoms with E-state index in [1.165, 1.54) is 0 Å². The first kappa shape index (κ1) is 19.7. The van der Waals surface area contributed by atoms with Crippen molar-refractivity contribution >= 4 is 17.8 Å². The minimum absolute atomic E-state index is 0.0593. The Morgan fingerprint density at radius 1 is 1.12 bits per heavy atom. The van der Waals surface area contributed by atoms with Crippen molar-refractivity contribution in [3.63, 3.8) is 0 Å². The van der Waals surface area contributed by atoms with Gasteiger partial charge in [-0.25, -0.2) is 0 Å². The number of hydrogen-bond acceptors (Lipinski definition) is 3. The summed E-state index contributed by atoms with van der Waals surface area (Å²) >= 11 is 0. The molecule has 6 heteroatoms. The summed E-state index contributed by atoms with van der Waals surface area (Å²) in [4.78, 5) is 34.7. The van der Waals surface area contributed by atoms with Gasteiger partial charge in [-0.05, 0) is 12.0 Å². The summed E-state index contributed by atoms with van der Waals surface area (Å²) in [5.74, 6) is -1.26. The quantitative estimate of drug-likeness (QED) is 0.635. The third kappa shape index (κ3) is 7.26. The standard InChI is InChI=1S/C18H26N2O4/c1-18(2,3)17(24)19-11-7-10-15(21)20-14(12-16(22)23)13-8-5-4-6-9-13/h4-6,8-9,14H,7,10-12H2,1-3H3,(H,19,24)(H,20,21)(H,22,23). The number of carbonyl (C=O) groups excluding carboxylic acids is 2. The van der Waals surface area contributed by atoms with Crippen LogP contribution in [0.4, 0.5) is 0 Å². The van der Waals surface area contributed by atoms with Gasteiger partial charge in [0.25, 0.3) is 0 Å². The van der Waals surface area contributed by atoms with Gasteiger partial charge in [0.15, 0.2) is 0 Å². The van der Waals surface area contributed by atoms with Gasteiger partial charge in [0.2, 0.25) is 11.8 Å². The summed E-state index contributed by atoms with van der Waals surface area (Å²) in [6, 6.07) is 8.47. The van der Waals surface area contributed by atoms with Crippen molar-refractivity contribution < 1.29 is 19.5 Å². The molecular weight excluding hydrogens is 308 g/mol. The van der Waals surface area contributed by atoms with Crippen LogP contribution in [0.3, 0.4) is 0 Å². The molecule has 1 unspecified atom stereocenters. The Balaban J connectivity index is 2.46. The Kier molecular flexibility index (Phi) is 7.42. The lowest BCUT2D eigenvalue weighted by Crippen LogP contribution is -2.36. The third-order valence-corrected chi connectivity index (χ3v) is 3.46. The Morgan fingerprint density at radius 3 is 2.29 bits per heavy atom. The molecule has 0 radical (unpaired) electrons. The number of benzene rings is 1. The van der Waals surface area contributed by atoms with E-state index in [1.807, 2.05) is 26.8 Å². The monoisotopic (exact) mass is 334 g/mol. The maximum absolute atomic E-state index is 12.0. The van der Waals surface area contributed by atoms with Crippen molar-refractivity contribution in [3.05, 3.63) is 35.9 Å². The molecule has 1 rings (SSSR count). The van der Waals surface area contributed by atoms with Gasteiger partial charge < -0.3 is 15.7 Å². The number of carboxylic acid groups (broad SMARTS) is 1. The molecule has 0 aromatic heterocycles. The van der Waals surface area contributed by atoms with Crippen LogP contribution in [-0.2, 0) is 14.4 Å². The molecule has 24 heavy (non-hydrogen) atoms. The Bertz CT molecular complexity index is 564. The van der Waals surface area contributed by atoms with E-state index in [-0.39, 0.29) is 24.7 Å². The molecule has 1 atom stereocenters. The second-order valence-electron chi connectivity index (χ2n) is 6.74. The molecule has 0 heterocycles. The van der Waals surface area contributed by atoms with Gasteiger partial charge in [-0.3, -0.25) is 14.4 Å². The Morgan fingerprint density at radius 2 is 1.75 bits per heavy atom. The van der Waals surface area contributed by atoms with E-state index < -0.39 is 17.4 Å². The van der Waals surface area contributed by atoms with E-state index >= 15 is 0 Å². The van der Waals surface area contributed by atoms with Crippen molar-refractivity contribution in [2.75, 3.05) is 6.54 Å². The number of hydrogen-bond donors (Lipinski definition) is 3. The van der Waals surface area contributed by atoms with Crippen LogP contribution in [0.5, 0.6) is 0 Å². The molecule has 132 valence electrons. The van der Waals surface area contributed by atoms with Crippen LogP contribution >= 0.6 is 0 Å². The lowest BCUT2D eigenvalue weighted by Gasteiger charge is -2.19. The number of carbonyl (C=O) groups is 3. The summed E-state index contributed by atoms with van der Waals surface area (Å²) in [6.07, 6.45) is 0.562. The first-order valence-corrected chi connectivity index (χ1v) is 8.04. The highest BCUT2D eigenvalue weighted by Crippen LogP contribution is 2.17. The Labute approximate surface area is 142 Å². The number of nitrogens with one attached hydrogen (secondary N) is 2. The molecular formula is C18H26N2O4. The fraction of sp³-hybridized carbons (Fsp3) is 0.500. The predicted molar refractivity (Wildman–Crippen MR) is 91.3 cm³/mol. The predicted octanol–water partition coefficient (Wildman–Crippen LogP) is 2.26. The molecule has 2 amide bonds. The van der Waals surface area contributed by atoms with E-state index in [1.54, 1.807) is 24.3 Å². The minimum Gasteiger partial charge on any atom is -0.481 e. The van der Waals surface area contributed by atoms with E-state index in [4.69, 9.17) is 5.11 Å². The topological polar surface area (TPSA) is 95.5 Å². The summed E-state index contributed by atoms with van der Waals surface area (Å²) in [6.45, 7) is 5.89. The molecule has 1 aromatic rings. The summed E-state index contributed by atoms with van der Waals surface area (Å²) in [7, 11) is 0. The van der Waals surface area contributed by atoms with E-state index in [0.717, 1.165) is 5.56 Å². The van der Waals surface area contributed by atoms with Crippen LogP contribution in [0.25, 0.3) is 0 Å². The van der Waals surface area contributed by atoms with E-state index in [9.17, 15) is 14.4 Å². The van der Waals surface area contributed by atoms with Crippen molar-refractivity contribution in [1.82, 2.24) is 10.6 Å². The number of rotatable bonds is 8. The smallest absolute Gasteiger partial charge is 0.305 e. The second-order valence-corrected chi connectivity index (χ2v) is 6.74. The maximum atomic E-state index is 12.0. The van der Waals surface area contributed by atoms with Gasteiger partial charge >= 0.3 is 5.97 Å². The van der Waals surface area contributed by atoms with Crippen LogP contribution in [0.15, 0.2) is 30.3 Å². The number of carboxylic acids is 1. The zero-order chi connectivity index (χ0) is 18.2. The van der Waals surface area contributed by atoms with Crippen molar-refractivity contribution in [1.29, 1.82) is 0 Å². The van der Waals surface area contributed by atoms with E-state index in [0.29, 0.717) is 13.0 Å². The third-order valence-electron chi connectivity index (χ3n) is 3.46. The van der Waals surface area contributed by atoms with Crippen molar-refractivity contribution in [3.8, 4) is 0 Å². The maximum Gasteiger partial charge on any atom is 0.305 e. The zero-order valence-corrected chi connectivity index (χ0v) is 14.5. The van der Waals surface area contributed by atoms with Gasteiger partial charge in [0, 0.05) is 18.4 Å². The van der Waals surface area contributed by atoms with Crippen molar-refractivity contribution in [2.24, 2.45) is 5.41 Å².